The molecule has 1 saturated carbocycles. The van der Waals surface area contributed by atoms with Crippen LogP contribution < -0.4 is 4.31 Å². The average molecular weight is 712 g/mol. The molecule has 8 nitrogen and oxygen atoms in total. The summed E-state index contributed by atoms with van der Waals surface area (Å²) in [5, 5.41) is -0.180. The fourth-order valence-electron chi connectivity index (χ4n) is 5.70. The molecule has 1 aliphatic heterocycles. The zero-order chi connectivity index (χ0) is 33.4. The highest BCUT2D eigenvalue weighted by Gasteiger charge is 2.50. The fraction of sp³-hybridized carbons (Fsp3) is 0.455. The number of hydrogen-bond acceptors (Lipinski definition) is 7. The van der Waals surface area contributed by atoms with Gasteiger partial charge in [-0.1, -0.05) is 54.4 Å². The summed E-state index contributed by atoms with van der Waals surface area (Å²) >= 11 is 14.1. The van der Waals surface area contributed by atoms with Crippen LogP contribution in [0.4, 0.5) is 10.1 Å². The van der Waals surface area contributed by atoms with Crippen LogP contribution in [0.25, 0.3) is 0 Å². The number of rotatable bonds is 11. The Labute approximate surface area is 283 Å². The third-order valence-electron chi connectivity index (χ3n) is 7.88. The molecule has 1 amide bonds. The molecule has 1 unspecified atom stereocenters. The number of thiophene rings is 1. The Morgan fingerprint density at radius 1 is 1.13 bits per heavy atom. The summed E-state index contributed by atoms with van der Waals surface area (Å²) in [4.78, 5) is 29.9. The van der Waals surface area contributed by atoms with E-state index in [2.05, 4.69) is 0 Å². The van der Waals surface area contributed by atoms with Crippen LogP contribution in [0.1, 0.15) is 76.0 Å². The van der Waals surface area contributed by atoms with E-state index in [9.17, 15) is 18.0 Å². The van der Waals surface area contributed by atoms with Crippen molar-refractivity contribution in [3.05, 3.63) is 86.3 Å². The minimum atomic E-state index is -3.95. The third kappa shape index (κ3) is 7.71. The maximum atomic E-state index is 15.2. The van der Waals surface area contributed by atoms with Gasteiger partial charge in [0.1, 0.15) is 23.6 Å². The zero-order valence-corrected chi connectivity index (χ0v) is 29.1. The van der Waals surface area contributed by atoms with Gasteiger partial charge >= 0.3 is 5.97 Å². The van der Waals surface area contributed by atoms with Gasteiger partial charge in [0.2, 0.25) is 10.0 Å². The number of carbonyl (C=O) groups is 2. The molecule has 2 aliphatic rings. The Morgan fingerprint density at radius 2 is 1.85 bits per heavy atom. The van der Waals surface area contributed by atoms with Crippen LogP contribution >= 0.6 is 34.5 Å². The maximum Gasteiger partial charge on any atom is 0.309 e. The highest BCUT2D eigenvalue weighted by molar-refractivity contribution is 7.93. The lowest BCUT2D eigenvalue weighted by molar-refractivity contribution is -0.186. The number of para-hydroxylation sites is 1. The van der Waals surface area contributed by atoms with Gasteiger partial charge in [-0.3, -0.25) is 13.9 Å². The van der Waals surface area contributed by atoms with Gasteiger partial charge in [-0.2, -0.15) is 0 Å². The number of benzene rings is 2. The molecule has 2 aromatic carbocycles. The Bertz CT molecular complexity index is 1690. The molecule has 2 heterocycles. The number of nitrogens with zero attached hydrogens (tertiary/aromatic N) is 2. The highest BCUT2D eigenvalue weighted by Crippen LogP contribution is 2.47. The summed E-state index contributed by atoms with van der Waals surface area (Å²) in [6.07, 6.45) is -1.16. The van der Waals surface area contributed by atoms with Crippen LogP contribution in [0.15, 0.2) is 60.7 Å². The van der Waals surface area contributed by atoms with E-state index >= 15 is 4.39 Å². The van der Waals surface area contributed by atoms with Crippen LogP contribution in [0, 0.1) is 5.82 Å². The minimum absolute atomic E-state index is 0.0824. The number of carbonyl (C=O) groups excluding carboxylic acids is 2. The Kier molecular flexibility index (Phi) is 10.4. The number of sulfonamides is 1. The summed E-state index contributed by atoms with van der Waals surface area (Å²) < 4.78 is 56.5. The van der Waals surface area contributed by atoms with Crippen molar-refractivity contribution in [2.45, 2.75) is 88.5 Å². The number of halogens is 3. The molecule has 13 heteroatoms. The Balaban J connectivity index is 1.63. The molecule has 0 N–H and O–H groups in total. The van der Waals surface area contributed by atoms with Gasteiger partial charge in [0, 0.05) is 9.90 Å². The molecular formula is C33H37Cl2FN2O6S2. The Hall–Kier alpha value is -2.70. The number of esters is 1. The van der Waals surface area contributed by atoms with Crippen LogP contribution in [0.3, 0.4) is 0 Å². The Morgan fingerprint density at radius 3 is 2.43 bits per heavy atom. The van der Waals surface area contributed by atoms with E-state index in [0.29, 0.717) is 39.1 Å². The monoisotopic (exact) mass is 710 g/mol. The summed E-state index contributed by atoms with van der Waals surface area (Å²) in [5.74, 6) is -1.82. The van der Waals surface area contributed by atoms with E-state index in [4.69, 9.17) is 32.7 Å². The second kappa shape index (κ2) is 13.8. The zero-order valence-electron chi connectivity index (χ0n) is 26.0. The maximum absolute atomic E-state index is 15.2. The second-order valence-corrected chi connectivity index (χ2v) is 16.8. The molecule has 248 valence electrons. The van der Waals surface area contributed by atoms with E-state index in [1.165, 1.54) is 29.5 Å². The number of hydrogen-bond donors (Lipinski definition) is 0. The van der Waals surface area contributed by atoms with Gasteiger partial charge in [0.25, 0.3) is 5.91 Å². The lowest BCUT2D eigenvalue weighted by Crippen LogP contribution is -2.58. The van der Waals surface area contributed by atoms with E-state index in [0.717, 1.165) is 4.31 Å². The van der Waals surface area contributed by atoms with E-state index in [1.54, 1.807) is 62.1 Å². The van der Waals surface area contributed by atoms with Crippen LogP contribution in [0.2, 0.25) is 9.36 Å². The standard InChI is InChI=1S/C33H37Cl2FN2O6S2/c1-5-22(19-37(46(41,42)23-13-14-23)25-12-7-6-11-24(25)36)38-30(27-15-16-28(35)45-27)31(20-9-8-10-21(34)17-20)43-26(32(38)40)18-29(39)44-33(2,3)4/h6-12,15-17,22-23,26,30-31H,5,13-14,18-19H2,1-4H3/t22?,26-,30-,31-/m1/s1. The molecule has 1 aromatic heterocycles. The third-order valence-corrected chi connectivity index (χ3v) is 11.7. The first-order valence-corrected chi connectivity index (χ1v) is 18.2. The first-order chi connectivity index (χ1) is 21.7. The molecule has 0 spiro atoms. The second-order valence-electron chi connectivity index (χ2n) is 12.5. The summed E-state index contributed by atoms with van der Waals surface area (Å²) in [7, 11) is -3.95. The van der Waals surface area contributed by atoms with E-state index in [1.807, 2.05) is 13.0 Å². The number of amides is 1. The molecule has 3 aromatic rings. The van der Waals surface area contributed by atoms with Crippen LogP contribution in [-0.4, -0.2) is 54.7 Å². The quantitative estimate of drug-likeness (QED) is 0.189. The average Bonchev–Trinajstić information content (AvgIpc) is 3.76. The van der Waals surface area contributed by atoms with Crippen molar-refractivity contribution in [3.8, 4) is 0 Å². The van der Waals surface area contributed by atoms with Gasteiger partial charge < -0.3 is 14.4 Å². The normalized spacial score (nSPS) is 21.2. The molecule has 0 bridgehead atoms. The summed E-state index contributed by atoms with van der Waals surface area (Å²) in [6.45, 7) is 6.83. The first kappa shape index (κ1) is 34.6. The van der Waals surface area contributed by atoms with Crippen molar-refractivity contribution in [2.24, 2.45) is 0 Å². The van der Waals surface area contributed by atoms with Crippen molar-refractivity contribution in [1.29, 1.82) is 0 Å². The molecule has 4 atom stereocenters. The molecule has 5 rings (SSSR count). The van der Waals surface area contributed by atoms with Crippen molar-refractivity contribution in [2.75, 3.05) is 10.8 Å². The summed E-state index contributed by atoms with van der Waals surface area (Å²) in [6, 6.07) is 14.8. The molecule has 0 radical (unpaired) electrons. The molecule has 46 heavy (non-hydrogen) atoms. The minimum Gasteiger partial charge on any atom is -0.460 e. The van der Waals surface area contributed by atoms with Crippen LogP contribution in [0.5, 0.6) is 0 Å². The predicted octanol–water partition coefficient (Wildman–Crippen LogP) is 7.71. The lowest BCUT2D eigenvalue weighted by Gasteiger charge is -2.48. The van der Waals surface area contributed by atoms with Crippen molar-refractivity contribution in [1.82, 2.24) is 4.90 Å². The highest BCUT2D eigenvalue weighted by atomic mass is 35.5. The molecule has 1 aliphatic carbocycles. The number of morpholine rings is 1. The smallest absolute Gasteiger partial charge is 0.309 e. The largest absolute Gasteiger partial charge is 0.460 e. The number of anilines is 1. The van der Waals surface area contributed by atoms with Gasteiger partial charge in [0.05, 0.1) is 40.3 Å². The summed E-state index contributed by atoms with van der Waals surface area (Å²) in [5.41, 5.74) is -0.221. The fourth-order valence-corrected chi connectivity index (χ4v) is 8.98. The van der Waals surface area contributed by atoms with E-state index < -0.39 is 62.9 Å². The van der Waals surface area contributed by atoms with E-state index in [-0.39, 0.29) is 18.7 Å². The van der Waals surface area contributed by atoms with Gasteiger partial charge in [-0.05, 0) is 82.0 Å². The number of ether oxygens (including phenoxy) is 2. The molecule has 1 saturated heterocycles. The van der Waals surface area contributed by atoms with Gasteiger partial charge in [0.15, 0.2) is 0 Å². The van der Waals surface area contributed by atoms with Crippen molar-refractivity contribution >= 4 is 62.1 Å². The first-order valence-electron chi connectivity index (χ1n) is 15.2. The topological polar surface area (TPSA) is 93.2 Å². The lowest BCUT2D eigenvalue weighted by atomic mass is 9.93. The van der Waals surface area contributed by atoms with Crippen molar-refractivity contribution in [3.63, 3.8) is 0 Å². The van der Waals surface area contributed by atoms with Gasteiger partial charge in [-0.25, -0.2) is 12.8 Å². The predicted molar refractivity (Wildman–Crippen MR) is 178 cm³/mol. The molecule has 2 fully saturated rings. The van der Waals surface area contributed by atoms with Crippen LogP contribution in [-0.2, 0) is 29.1 Å². The van der Waals surface area contributed by atoms with Crippen molar-refractivity contribution < 1.29 is 31.9 Å². The SMILES string of the molecule is CCC(CN(c1ccccc1F)S(=O)(=O)C1CC1)N1C(=O)[C@@H](CC(=O)OC(C)(C)C)O[C@H](c2cccc(Cl)c2)[C@H]1c1ccc(Cl)s1. The molecular weight excluding hydrogens is 674 g/mol. The van der Waals surface area contributed by atoms with Gasteiger partial charge in [-0.15, -0.1) is 11.3 Å².